The molecule has 1 heterocycles. The minimum Gasteiger partial charge on any atom is -0.473 e. The summed E-state index contributed by atoms with van der Waals surface area (Å²) in [6.45, 7) is 7.97. The number of ether oxygens (including phenoxy) is 1. The third-order valence-corrected chi connectivity index (χ3v) is 3.60. The van der Waals surface area contributed by atoms with Crippen LogP contribution in [0.3, 0.4) is 0 Å². The summed E-state index contributed by atoms with van der Waals surface area (Å²) in [5.74, 6) is -0.391. The van der Waals surface area contributed by atoms with Gasteiger partial charge in [-0.3, -0.25) is 4.79 Å². The fourth-order valence-corrected chi connectivity index (χ4v) is 2.10. The van der Waals surface area contributed by atoms with Crippen molar-refractivity contribution < 1.29 is 14.1 Å². The lowest BCUT2D eigenvalue weighted by Crippen LogP contribution is -2.39. The number of carbonyl (C=O) groups is 1. The summed E-state index contributed by atoms with van der Waals surface area (Å²) < 4.78 is 10.5. The fourth-order valence-electron chi connectivity index (χ4n) is 1.13. The maximum atomic E-state index is 11.3. The number of nitrogens with one attached hydrogen (secondary N) is 1. The summed E-state index contributed by atoms with van der Waals surface area (Å²) in [7, 11) is 0. The summed E-state index contributed by atoms with van der Waals surface area (Å²) in [6, 6.07) is 0. The van der Waals surface area contributed by atoms with Gasteiger partial charge < -0.3 is 15.0 Å². The zero-order chi connectivity index (χ0) is 14.6. The van der Waals surface area contributed by atoms with Crippen molar-refractivity contribution in [2.75, 3.05) is 6.61 Å². The molecule has 0 aliphatic carbocycles. The molecule has 0 bridgehead atoms. The van der Waals surface area contributed by atoms with Gasteiger partial charge in [0.25, 0.3) is 11.8 Å². The summed E-state index contributed by atoms with van der Waals surface area (Å²) in [5.41, 5.74) is 4.80. The van der Waals surface area contributed by atoms with E-state index in [0.29, 0.717) is 4.90 Å². The van der Waals surface area contributed by atoms with Crippen molar-refractivity contribution >= 4 is 29.4 Å². The van der Waals surface area contributed by atoms with Crippen molar-refractivity contribution in [3.8, 4) is 5.88 Å². The van der Waals surface area contributed by atoms with Crippen molar-refractivity contribution in [3.05, 3.63) is 5.76 Å². The molecule has 0 atom stereocenters. The number of aromatic nitrogens is 1. The largest absolute Gasteiger partial charge is 0.473 e. The van der Waals surface area contributed by atoms with Crippen LogP contribution >= 0.6 is 23.5 Å². The maximum absolute atomic E-state index is 11.3. The molecule has 1 aromatic rings. The maximum Gasteiger partial charge on any atom is 0.288 e. The Hall–Kier alpha value is -0.920. The van der Waals surface area contributed by atoms with E-state index < -0.39 is 11.4 Å². The third-order valence-electron chi connectivity index (χ3n) is 2.02. The minimum absolute atomic E-state index is 0.0188. The SMILES string of the molecule is CC(C)Sc1c(OCC(C)(C)NCl)noc1C(N)=O. The van der Waals surface area contributed by atoms with Gasteiger partial charge in [-0.25, -0.2) is 4.84 Å². The second-order valence-corrected chi connectivity index (χ2v) is 6.72. The number of halogens is 1. The summed E-state index contributed by atoms with van der Waals surface area (Å²) in [4.78, 5) is 14.4. The van der Waals surface area contributed by atoms with Gasteiger partial charge in [-0.15, -0.1) is 11.8 Å². The highest BCUT2D eigenvalue weighted by Gasteiger charge is 2.25. The van der Waals surface area contributed by atoms with Crippen molar-refractivity contribution in [3.63, 3.8) is 0 Å². The Labute approximate surface area is 121 Å². The topological polar surface area (TPSA) is 90.4 Å². The van der Waals surface area contributed by atoms with E-state index in [1.165, 1.54) is 11.8 Å². The first kappa shape index (κ1) is 16.1. The molecule has 0 aromatic carbocycles. The molecular formula is C11H18ClN3O3S. The van der Waals surface area contributed by atoms with E-state index >= 15 is 0 Å². The van der Waals surface area contributed by atoms with Crippen LogP contribution in [0.15, 0.2) is 9.42 Å². The van der Waals surface area contributed by atoms with Gasteiger partial charge in [0.15, 0.2) is 0 Å². The van der Waals surface area contributed by atoms with Crippen LogP contribution in [0.4, 0.5) is 0 Å². The Balaban J connectivity index is 2.91. The molecule has 0 fully saturated rings. The molecule has 0 radical (unpaired) electrons. The zero-order valence-electron chi connectivity index (χ0n) is 11.3. The molecule has 108 valence electrons. The standard InChI is InChI=1S/C11H18ClN3O3S/c1-6(2)19-8-7(9(13)16)18-14-10(8)17-5-11(3,4)15-12/h6,15H,5H2,1-4H3,(H2,13,16). The Kier molecular flexibility index (Phi) is 5.51. The summed E-state index contributed by atoms with van der Waals surface area (Å²) >= 11 is 7.00. The van der Waals surface area contributed by atoms with Gasteiger partial charge in [0.05, 0.1) is 5.54 Å². The van der Waals surface area contributed by atoms with E-state index in [1.54, 1.807) is 0 Å². The average Bonchev–Trinajstić information content (AvgIpc) is 2.69. The van der Waals surface area contributed by atoms with Crippen LogP contribution in [-0.2, 0) is 0 Å². The van der Waals surface area contributed by atoms with Crippen LogP contribution in [-0.4, -0.2) is 28.5 Å². The molecule has 0 unspecified atom stereocenters. The predicted octanol–water partition coefficient (Wildman–Crippen LogP) is 2.17. The van der Waals surface area contributed by atoms with Crippen molar-refractivity contribution in [2.24, 2.45) is 5.73 Å². The van der Waals surface area contributed by atoms with Gasteiger partial charge in [0.1, 0.15) is 11.5 Å². The Bertz CT molecular complexity index is 448. The average molecular weight is 308 g/mol. The lowest BCUT2D eigenvalue weighted by molar-refractivity contribution is 0.0961. The van der Waals surface area contributed by atoms with Crippen LogP contribution in [0.5, 0.6) is 5.88 Å². The number of primary amides is 1. The molecule has 0 aliphatic rings. The van der Waals surface area contributed by atoms with Gasteiger partial charge >= 0.3 is 0 Å². The molecule has 8 heteroatoms. The highest BCUT2D eigenvalue weighted by molar-refractivity contribution is 8.00. The molecule has 3 N–H and O–H groups in total. The van der Waals surface area contributed by atoms with Gasteiger partial charge in [-0.05, 0) is 30.8 Å². The summed E-state index contributed by atoms with van der Waals surface area (Å²) in [5, 5.41) is 3.97. The molecule has 6 nitrogen and oxygen atoms in total. The van der Waals surface area contributed by atoms with E-state index in [-0.39, 0.29) is 23.5 Å². The molecule has 1 amide bonds. The normalized spacial score (nSPS) is 11.9. The number of nitrogens with two attached hydrogens (primary N) is 1. The molecule has 0 spiro atoms. The first-order valence-electron chi connectivity index (χ1n) is 5.73. The number of thioether (sulfide) groups is 1. The third kappa shape index (κ3) is 4.59. The van der Waals surface area contributed by atoms with E-state index in [4.69, 9.17) is 26.8 Å². The van der Waals surface area contributed by atoms with Crippen LogP contribution in [0.2, 0.25) is 0 Å². The fraction of sp³-hybridized carbons (Fsp3) is 0.636. The van der Waals surface area contributed by atoms with E-state index in [1.807, 2.05) is 27.7 Å². The monoisotopic (exact) mass is 307 g/mol. The number of hydrogen-bond acceptors (Lipinski definition) is 6. The number of nitrogens with zero attached hydrogens (tertiary/aromatic N) is 1. The van der Waals surface area contributed by atoms with Crippen molar-refractivity contribution in [2.45, 2.75) is 43.4 Å². The van der Waals surface area contributed by atoms with Crippen molar-refractivity contribution in [1.29, 1.82) is 0 Å². The second kappa shape index (κ2) is 6.49. The highest BCUT2D eigenvalue weighted by Crippen LogP contribution is 2.35. The first-order chi connectivity index (χ1) is 8.76. The van der Waals surface area contributed by atoms with Crippen LogP contribution < -0.4 is 15.3 Å². The molecule has 0 saturated carbocycles. The molecule has 0 saturated heterocycles. The van der Waals surface area contributed by atoms with Gasteiger partial charge in [-0.2, -0.15) is 0 Å². The lowest BCUT2D eigenvalue weighted by atomic mass is 10.1. The number of carbonyl (C=O) groups excluding carboxylic acids is 1. The highest BCUT2D eigenvalue weighted by atomic mass is 35.5. The van der Waals surface area contributed by atoms with E-state index in [2.05, 4.69) is 9.99 Å². The van der Waals surface area contributed by atoms with Crippen LogP contribution in [0.25, 0.3) is 0 Å². The van der Waals surface area contributed by atoms with Crippen molar-refractivity contribution in [1.82, 2.24) is 9.99 Å². The van der Waals surface area contributed by atoms with Crippen LogP contribution in [0, 0.1) is 0 Å². The molecule has 0 aliphatic heterocycles. The lowest BCUT2D eigenvalue weighted by Gasteiger charge is -2.21. The number of rotatable bonds is 7. The Morgan fingerprint density at radius 1 is 1.63 bits per heavy atom. The number of amides is 1. The zero-order valence-corrected chi connectivity index (χ0v) is 12.9. The number of hydrogen-bond donors (Lipinski definition) is 2. The minimum atomic E-state index is -0.666. The Morgan fingerprint density at radius 3 is 2.74 bits per heavy atom. The molecule has 1 aromatic heterocycles. The Morgan fingerprint density at radius 2 is 2.26 bits per heavy atom. The molecule has 1 rings (SSSR count). The first-order valence-corrected chi connectivity index (χ1v) is 6.99. The second-order valence-electron chi connectivity index (χ2n) is 4.94. The van der Waals surface area contributed by atoms with E-state index in [9.17, 15) is 4.79 Å². The predicted molar refractivity (Wildman–Crippen MR) is 74.6 cm³/mol. The van der Waals surface area contributed by atoms with Gasteiger partial charge in [-0.1, -0.05) is 13.8 Å². The van der Waals surface area contributed by atoms with Crippen LogP contribution in [0.1, 0.15) is 38.2 Å². The smallest absolute Gasteiger partial charge is 0.288 e. The van der Waals surface area contributed by atoms with Gasteiger partial charge in [0.2, 0.25) is 5.76 Å². The molecule has 19 heavy (non-hydrogen) atoms. The summed E-state index contributed by atoms with van der Waals surface area (Å²) in [6.07, 6.45) is 0. The van der Waals surface area contributed by atoms with Gasteiger partial charge in [0, 0.05) is 5.25 Å². The molecular weight excluding hydrogens is 290 g/mol. The quantitative estimate of drug-likeness (QED) is 0.592. The van der Waals surface area contributed by atoms with E-state index in [0.717, 1.165) is 0 Å².